The van der Waals surface area contributed by atoms with E-state index in [0.717, 1.165) is 18.7 Å². The second-order valence-corrected chi connectivity index (χ2v) is 3.14. The number of urea groups is 1. The Morgan fingerprint density at radius 1 is 1.33 bits per heavy atom. The Hall–Kier alpha value is -1.75. The highest BCUT2D eigenvalue weighted by Gasteiger charge is 1.97. The molecule has 2 amide bonds. The summed E-state index contributed by atoms with van der Waals surface area (Å²) in [5.41, 5.74) is 12.0. The first-order valence-corrected chi connectivity index (χ1v) is 4.83. The molecule has 0 aliphatic heterocycles. The van der Waals surface area contributed by atoms with E-state index in [-0.39, 0.29) is 0 Å². The molecule has 0 atom stereocenters. The maximum atomic E-state index is 10.6. The number of rotatable bonds is 5. The third-order valence-electron chi connectivity index (χ3n) is 1.84. The lowest BCUT2D eigenvalue weighted by atomic mass is 10.2. The van der Waals surface area contributed by atoms with Crippen molar-refractivity contribution in [2.45, 2.75) is 6.42 Å². The maximum Gasteiger partial charge on any atom is 0.316 e. The van der Waals surface area contributed by atoms with E-state index < -0.39 is 6.03 Å². The van der Waals surface area contributed by atoms with Crippen LogP contribution in [-0.2, 0) is 0 Å². The summed E-state index contributed by atoms with van der Waals surface area (Å²) in [6, 6.07) is 6.80. The molecule has 0 fully saturated rings. The average molecular weight is 208 g/mol. The Morgan fingerprint density at radius 3 is 2.73 bits per heavy atom. The van der Waals surface area contributed by atoms with Crippen LogP contribution in [0.4, 0.5) is 16.2 Å². The van der Waals surface area contributed by atoms with Gasteiger partial charge in [-0.05, 0) is 31.2 Å². The molecule has 15 heavy (non-hydrogen) atoms. The second kappa shape index (κ2) is 5.87. The van der Waals surface area contributed by atoms with Gasteiger partial charge in [0.2, 0.25) is 0 Å². The molecule has 5 nitrogen and oxygen atoms in total. The number of hydrogen-bond acceptors (Lipinski definition) is 3. The van der Waals surface area contributed by atoms with E-state index >= 15 is 0 Å². The van der Waals surface area contributed by atoms with Gasteiger partial charge < -0.3 is 22.1 Å². The molecule has 6 N–H and O–H groups in total. The second-order valence-electron chi connectivity index (χ2n) is 3.14. The first kappa shape index (κ1) is 11.3. The van der Waals surface area contributed by atoms with Crippen LogP contribution in [0.15, 0.2) is 24.3 Å². The zero-order valence-electron chi connectivity index (χ0n) is 8.49. The minimum atomic E-state index is -0.561. The van der Waals surface area contributed by atoms with Gasteiger partial charge in [0.1, 0.15) is 0 Å². The molecular formula is C10H16N4O. The number of nitrogens with one attached hydrogen (secondary N) is 2. The molecule has 1 aromatic rings. The van der Waals surface area contributed by atoms with E-state index in [1.54, 1.807) is 6.07 Å². The van der Waals surface area contributed by atoms with Crippen LogP contribution < -0.4 is 22.1 Å². The Labute approximate surface area is 88.8 Å². The van der Waals surface area contributed by atoms with Crippen molar-refractivity contribution in [1.82, 2.24) is 0 Å². The summed E-state index contributed by atoms with van der Waals surface area (Å²) < 4.78 is 0. The summed E-state index contributed by atoms with van der Waals surface area (Å²) in [5, 5.41) is 5.70. The molecule has 1 aromatic carbocycles. The van der Waals surface area contributed by atoms with Crippen molar-refractivity contribution >= 4 is 17.4 Å². The summed E-state index contributed by atoms with van der Waals surface area (Å²) in [6.07, 6.45) is 0.910. The van der Waals surface area contributed by atoms with Crippen LogP contribution in [0.25, 0.3) is 0 Å². The molecule has 0 aromatic heterocycles. The number of amides is 2. The lowest BCUT2D eigenvalue weighted by molar-refractivity contribution is 0.259. The lowest BCUT2D eigenvalue weighted by Gasteiger charge is -2.07. The molecule has 0 heterocycles. The fourth-order valence-corrected chi connectivity index (χ4v) is 1.18. The van der Waals surface area contributed by atoms with Gasteiger partial charge in [0.15, 0.2) is 0 Å². The number of hydrogen-bond donors (Lipinski definition) is 4. The molecule has 0 saturated carbocycles. The topological polar surface area (TPSA) is 93.2 Å². The van der Waals surface area contributed by atoms with Gasteiger partial charge in [0.25, 0.3) is 0 Å². The van der Waals surface area contributed by atoms with E-state index in [2.05, 4.69) is 10.6 Å². The van der Waals surface area contributed by atoms with Gasteiger partial charge in [-0.1, -0.05) is 6.07 Å². The van der Waals surface area contributed by atoms with Crippen molar-refractivity contribution in [2.75, 3.05) is 23.7 Å². The Balaban J connectivity index is 2.53. The third-order valence-corrected chi connectivity index (χ3v) is 1.84. The quantitative estimate of drug-likeness (QED) is 0.542. The average Bonchev–Trinajstić information content (AvgIpc) is 2.18. The zero-order chi connectivity index (χ0) is 11.1. The smallest absolute Gasteiger partial charge is 0.316 e. The van der Waals surface area contributed by atoms with Crippen molar-refractivity contribution in [2.24, 2.45) is 11.5 Å². The number of carbonyl (C=O) groups is 1. The standard InChI is InChI=1S/C10H16N4O/c11-5-2-6-13-8-3-1-4-9(7-8)14-10(12)15/h1,3-4,7,13H,2,5-6,11H2,(H3,12,14,15). The predicted octanol–water partition coefficient (Wildman–Crippen LogP) is 0.938. The van der Waals surface area contributed by atoms with Gasteiger partial charge in [0, 0.05) is 17.9 Å². The predicted molar refractivity (Wildman–Crippen MR) is 61.8 cm³/mol. The van der Waals surface area contributed by atoms with Gasteiger partial charge in [-0.2, -0.15) is 0 Å². The van der Waals surface area contributed by atoms with Gasteiger partial charge in [0.05, 0.1) is 0 Å². The Bertz CT molecular complexity index is 327. The molecule has 0 radical (unpaired) electrons. The van der Waals surface area contributed by atoms with E-state index in [4.69, 9.17) is 11.5 Å². The lowest BCUT2D eigenvalue weighted by Crippen LogP contribution is -2.19. The largest absolute Gasteiger partial charge is 0.385 e. The van der Waals surface area contributed by atoms with E-state index in [1.165, 1.54) is 0 Å². The minimum absolute atomic E-state index is 0.561. The molecule has 82 valence electrons. The van der Waals surface area contributed by atoms with Crippen molar-refractivity contribution < 1.29 is 4.79 Å². The first-order chi connectivity index (χ1) is 7.22. The molecule has 0 aliphatic rings. The Morgan fingerprint density at radius 2 is 2.07 bits per heavy atom. The van der Waals surface area contributed by atoms with Crippen LogP contribution in [0.1, 0.15) is 6.42 Å². The normalized spacial score (nSPS) is 9.67. The van der Waals surface area contributed by atoms with E-state index in [1.807, 2.05) is 18.2 Å². The summed E-state index contributed by atoms with van der Waals surface area (Å²) in [6.45, 7) is 1.47. The molecular weight excluding hydrogens is 192 g/mol. The molecule has 0 bridgehead atoms. The number of benzene rings is 1. The van der Waals surface area contributed by atoms with Crippen molar-refractivity contribution in [3.05, 3.63) is 24.3 Å². The fraction of sp³-hybridized carbons (Fsp3) is 0.300. The Kier molecular flexibility index (Phi) is 4.43. The van der Waals surface area contributed by atoms with Crippen LogP contribution in [0, 0.1) is 0 Å². The monoisotopic (exact) mass is 208 g/mol. The van der Waals surface area contributed by atoms with E-state index in [0.29, 0.717) is 12.2 Å². The molecule has 0 aliphatic carbocycles. The SMILES string of the molecule is NCCCNc1cccc(NC(N)=O)c1. The third kappa shape index (κ3) is 4.33. The first-order valence-electron chi connectivity index (χ1n) is 4.83. The highest BCUT2D eigenvalue weighted by atomic mass is 16.2. The summed E-state index contributed by atoms with van der Waals surface area (Å²) in [4.78, 5) is 10.6. The number of carbonyl (C=O) groups excluding carboxylic acids is 1. The zero-order valence-corrected chi connectivity index (χ0v) is 8.49. The number of anilines is 2. The summed E-state index contributed by atoms with van der Waals surface area (Å²) in [7, 11) is 0. The van der Waals surface area contributed by atoms with Crippen LogP contribution >= 0.6 is 0 Å². The molecule has 0 unspecified atom stereocenters. The van der Waals surface area contributed by atoms with Crippen molar-refractivity contribution in [3.63, 3.8) is 0 Å². The van der Waals surface area contributed by atoms with Crippen LogP contribution in [0.2, 0.25) is 0 Å². The van der Waals surface area contributed by atoms with Gasteiger partial charge >= 0.3 is 6.03 Å². The molecule has 5 heteroatoms. The summed E-state index contributed by atoms with van der Waals surface area (Å²) >= 11 is 0. The minimum Gasteiger partial charge on any atom is -0.385 e. The number of primary amides is 1. The molecule has 1 rings (SSSR count). The number of nitrogens with two attached hydrogens (primary N) is 2. The summed E-state index contributed by atoms with van der Waals surface area (Å²) in [5.74, 6) is 0. The molecule has 0 saturated heterocycles. The molecule has 0 spiro atoms. The van der Waals surface area contributed by atoms with Crippen molar-refractivity contribution in [1.29, 1.82) is 0 Å². The van der Waals surface area contributed by atoms with Gasteiger partial charge in [-0.3, -0.25) is 0 Å². The van der Waals surface area contributed by atoms with Gasteiger partial charge in [-0.25, -0.2) is 4.79 Å². The van der Waals surface area contributed by atoms with Crippen LogP contribution in [0.5, 0.6) is 0 Å². The van der Waals surface area contributed by atoms with Crippen LogP contribution in [0.3, 0.4) is 0 Å². The van der Waals surface area contributed by atoms with Crippen molar-refractivity contribution in [3.8, 4) is 0 Å². The maximum absolute atomic E-state index is 10.6. The van der Waals surface area contributed by atoms with E-state index in [9.17, 15) is 4.79 Å². The van der Waals surface area contributed by atoms with Crippen LogP contribution in [-0.4, -0.2) is 19.1 Å². The fourth-order valence-electron chi connectivity index (χ4n) is 1.18. The highest BCUT2D eigenvalue weighted by molar-refractivity contribution is 5.88. The van der Waals surface area contributed by atoms with Gasteiger partial charge in [-0.15, -0.1) is 0 Å². The highest BCUT2D eigenvalue weighted by Crippen LogP contribution is 2.14.